The van der Waals surface area contributed by atoms with Gasteiger partial charge in [0, 0.05) is 48.2 Å². The summed E-state index contributed by atoms with van der Waals surface area (Å²) in [7, 11) is 4.01. The summed E-state index contributed by atoms with van der Waals surface area (Å²) in [5, 5.41) is 5.83. The van der Waals surface area contributed by atoms with Crippen LogP contribution in [-0.2, 0) is 14.4 Å². The number of hydrogen-bond acceptors (Lipinski definition) is 5. The zero-order valence-electron chi connectivity index (χ0n) is 22.7. The molecule has 2 aliphatic rings. The van der Waals surface area contributed by atoms with Gasteiger partial charge in [-0.15, -0.1) is 0 Å². The third-order valence-electron chi connectivity index (χ3n) is 7.84. The second-order valence-electron chi connectivity index (χ2n) is 10.7. The molecule has 214 valence electrons. The van der Waals surface area contributed by atoms with Crippen LogP contribution in [0.1, 0.15) is 12.8 Å². The number of rotatable bonds is 7. The normalized spacial score (nSPS) is 20.5. The van der Waals surface area contributed by atoms with E-state index in [-0.39, 0.29) is 17.2 Å². The van der Waals surface area contributed by atoms with Gasteiger partial charge in [-0.1, -0.05) is 17.7 Å². The van der Waals surface area contributed by atoms with Crippen LogP contribution in [0.5, 0.6) is 0 Å². The number of likely N-dealkylation sites (tertiary alicyclic amines) is 1. The van der Waals surface area contributed by atoms with Crippen LogP contribution in [-0.4, -0.2) is 65.3 Å². The molecule has 3 aromatic rings. The summed E-state index contributed by atoms with van der Waals surface area (Å²) < 4.78 is 16.3. The molecule has 0 spiro atoms. The average Bonchev–Trinajstić information content (AvgIpc) is 3.71. The molecule has 2 fully saturated rings. The first-order valence-electron chi connectivity index (χ1n) is 13.4. The molecule has 2 N–H and O–H groups in total. The average molecular weight is 580 g/mol. The monoisotopic (exact) mass is 579 g/mol. The lowest BCUT2D eigenvalue weighted by molar-refractivity contribution is -0.136. The van der Waals surface area contributed by atoms with Crippen LogP contribution in [0, 0.1) is 23.6 Å². The molecule has 11 heteroatoms. The molecule has 41 heavy (non-hydrogen) atoms. The molecule has 9 nitrogen and oxygen atoms in total. The number of carbonyl (C=O) groups excluding carboxylic acids is 3. The van der Waals surface area contributed by atoms with Crippen molar-refractivity contribution in [2.24, 2.45) is 17.8 Å². The molecule has 5 rings (SSSR count). The third kappa shape index (κ3) is 6.18. The highest BCUT2D eigenvalue weighted by Gasteiger charge is 2.63. The smallest absolute Gasteiger partial charge is 0.255 e. The first-order valence-corrected chi connectivity index (χ1v) is 13.8. The highest BCUT2D eigenvalue weighted by atomic mass is 35.5. The van der Waals surface area contributed by atoms with E-state index in [4.69, 9.17) is 11.6 Å². The van der Waals surface area contributed by atoms with Crippen LogP contribution in [0.25, 0.3) is 5.69 Å². The Labute approximate surface area is 241 Å². The van der Waals surface area contributed by atoms with E-state index in [9.17, 15) is 19.2 Å². The molecular formula is C30H31ClFN5O4. The van der Waals surface area contributed by atoms with Crippen molar-refractivity contribution >= 4 is 40.7 Å². The van der Waals surface area contributed by atoms with Crippen LogP contribution in [0.15, 0.2) is 71.7 Å². The Morgan fingerprint density at radius 2 is 1.56 bits per heavy atom. The summed E-state index contributed by atoms with van der Waals surface area (Å²) in [4.78, 5) is 56.1. The number of amides is 3. The van der Waals surface area contributed by atoms with Gasteiger partial charge in [-0.3, -0.25) is 23.7 Å². The van der Waals surface area contributed by atoms with Gasteiger partial charge in [0.15, 0.2) is 0 Å². The van der Waals surface area contributed by atoms with E-state index in [0.717, 1.165) is 18.9 Å². The van der Waals surface area contributed by atoms with Crippen molar-refractivity contribution in [1.29, 1.82) is 0 Å². The molecular weight excluding hydrogens is 549 g/mol. The zero-order valence-corrected chi connectivity index (χ0v) is 23.5. The minimum atomic E-state index is -0.961. The third-order valence-corrected chi connectivity index (χ3v) is 8.09. The number of carbonyl (C=O) groups is 3. The molecule has 0 bridgehead atoms. The molecule has 1 aliphatic heterocycles. The number of nitrogens with zero attached hydrogens (tertiary/aromatic N) is 3. The van der Waals surface area contributed by atoms with Crippen LogP contribution in [0.2, 0.25) is 5.02 Å². The number of benzene rings is 2. The van der Waals surface area contributed by atoms with Gasteiger partial charge in [-0.2, -0.15) is 0 Å². The maximum atomic E-state index is 15.0. The van der Waals surface area contributed by atoms with Gasteiger partial charge in [-0.25, -0.2) is 4.39 Å². The van der Waals surface area contributed by atoms with Crippen molar-refractivity contribution in [3.63, 3.8) is 0 Å². The fraction of sp³-hybridized carbons (Fsp3) is 0.333. The van der Waals surface area contributed by atoms with Gasteiger partial charge in [0.05, 0.1) is 29.1 Å². The van der Waals surface area contributed by atoms with Crippen molar-refractivity contribution in [2.45, 2.75) is 18.9 Å². The topological polar surface area (TPSA) is 104 Å². The van der Waals surface area contributed by atoms with E-state index in [1.54, 1.807) is 41.3 Å². The molecule has 1 aromatic heterocycles. The number of hydrogen-bond donors (Lipinski definition) is 2. The van der Waals surface area contributed by atoms with Crippen LogP contribution in [0.4, 0.5) is 15.8 Å². The Balaban J connectivity index is 1.33. The van der Waals surface area contributed by atoms with E-state index in [2.05, 4.69) is 15.5 Å². The standard InChI is InChI=1S/C30H31ClFN5O4/c1-35(2)20-12-15-36(16-13-20)30(41)27-25(28(39)33-19-8-6-18(31)7-9-19)26(27)29(40)34-23-11-10-21(17-22(23)32)37-14-4-3-5-24(37)38/h3-11,14,17,20,25-27H,12-13,15-16H2,1-2H3,(H,33,39)(H,34,40)/t25-,26+,27+/m1/s1. The van der Waals surface area contributed by atoms with Gasteiger partial charge in [0.25, 0.3) is 5.56 Å². The summed E-state index contributed by atoms with van der Waals surface area (Å²) in [5.41, 5.74) is 0.352. The van der Waals surface area contributed by atoms with Crippen LogP contribution >= 0.6 is 11.6 Å². The Kier molecular flexibility index (Phi) is 8.23. The Morgan fingerprint density at radius 1 is 0.902 bits per heavy atom. The molecule has 0 radical (unpaired) electrons. The summed E-state index contributed by atoms with van der Waals surface area (Å²) in [6.45, 7) is 1.07. The van der Waals surface area contributed by atoms with Crippen molar-refractivity contribution in [3.05, 3.63) is 88.1 Å². The molecule has 2 aromatic carbocycles. The van der Waals surface area contributed by atoms with Gasteiger partial charge in [0.1, 0.15) is 5.82 Å². The molecule has 2 heterocycles. The Bertz CT molecular complexity index is 1520. The molecule has 3 amide bonds. The van der Waals surface area contributed by atoms with Crippen molar-refractivity contribution in [1.82, 2.24) is 14.4 Å². The Hall–Kier alpha value is -4.02. The van der Waals surface area contributed by atoms with Crippen molar-refractivity contribution in [2.75, 3.05) is 37.8 Å². The molecule has 1 saturated heterocycles. The molecule has 1 aliphatic carbocycles. The van der Waals surface area contributed by atoms with Gasteiger partial charge in [-0.05, 0) is 69.4 Å². The largest absolute Gasteiger partial charge is 0.342 e. The van der Waals surface area contributed by atoms with E-state index in [1.165, 1.54) is 29.0 Å². The number of aromatic nitrogens is 1. The van der Waals surface area contributed by atoms with E-state index < -0.39 is 35.4 Å². The first kappa shape index (κ1) is 28.5. The van der Waals surface area contributed by atoms with Gasteiger partial charge < -0.3 is 20.4 Å². The fourth-order valence-corrected chi connectivity index (χ4v) is 5.58. The van der Waals surface area contributed by atoms with Crippen molar-refractivity contribution in [3.8, 4) is 5.69 Å². The maximum absolute atomic E-state index is 15.0. The molecule has 3 atom stereocenters. The first-order chi connectivity index (χ1) is 19.6. The predicted octanol–water partition coefficient (Wildman–Crippen LogP) is 3.62. The summed E-state index contributed by atoms with van der Waals surface area (Å²) >= 11 is 5.94. The lowest BCUT2D eigenvalue weighted by Crippen LogP contribution is -2.45. The van der Waals surface area contributed by atoms with Crippen LogP contribution in [0.3, 0.4) is 0 Å². The fourth-order valence-electron chi connectivity index (χ4n) is 5.45. The minimum Gasteiger partial charge on any atom is -0.342 e. The Morgan fingerprint density at radius 3 is 2.17 bits per heavy atom. The minimum absolute atomic E-state index is 0.107. The highest BCUT2D eigenvalue weighted by molar-refractivity contribution is 6.30. The second-order valence-corrected chi connectivity index (χ2v) is 11.1. The number of halogens is 2. The number of nitrogens with one attached hydrogen (secondary N) is 2. The second kappa shape index (κ2) is 11.8. The summed E-state index contributed by atoms with van der Waals surface area (Å²) in [6, 6.07) is 15.5. The molecule has 1 saturated carbocycles. The van der Waals surface area contributed by atoms with E-state index in [1.807, 2.05) is 14.1 Å². The number of pyridine rings is 1. The molecule has 0 unspecified atom stereocenters. The van der Waals surface area contributed by atoms with E-state index >= 15 is 4.39 Å². The quantitative estimate of drug-likeness (QED) is 0.445. The highest BCUT2D eigenvalue weighted by Crippen LogP contribution is 2.49. The number of anilines is 2. The number of piperidine rings is 1. The summed E-state index contributed by atoms with van der Waals surface area (Å²) in [5.74, 6) is -4.81. The van der Waals surface area contributed by atoms with Gasteiger partial charge >= 0.3 is 0 Å². The lowest BCUT2D eigenvalue weighted by Gasteiger charge is -2.35. The van der Waals surface area contributed by atoms with Gasteiger partial charge in [0.2, 0.25) is 17.7 Å². The summed E-state index contributed by atoms with van der Waals surface area (Å²) in [6.07, 6.45) is 3.11. The van der Waals surface area contributed by atoms with Crippen molar-refractivity contribution < 1.29 is 18.8 Å². The zero-order chi connectivity index (χ0) is 29.3. The van der Waals surface area contributed by atoms with Crippen LogP contribution < -0.4 is 16.2 Å². The maximum Gasteiger partial charge on any atom is 0.255 e. The predicted molar refractivity (Wildman–Crippen MR) is 154 cm³/mol. The lowest BCUT2D eigenvalue weighted by atomic mass is 10.0. The van der Waals surface area contributed by atoms with E-state index in [0.29, 0.717) is 35.5 Å². The SMILES string of the molecule is CN(C)C1CCN(C(=O)[C@H]2[C@H](C(=O)Nc3ccc(Cl)cc3)[C@@H]2C(=O)Nc2ccc(-n3ccccc3=O)cc2F)CC1.